The topological polar surface area (TPSA) is 67.4 Å². The van der Waals surface area contributed by atoms with Gasteiger partial charge in [-0.3, -0.25) is 0 Å². The fraction of sp³-hybridized carbons (Fsp3) is 0.571. The lowest BCUT2D eigenvalue weighted by molar-refractivity contribution is 0.196. The fourth-order valence-corrected chi connectivity index (χ4v) is 3.27. The zero-order valence-corrected chi connectivity index (χ0v) is 12.6. The predicted octanol–water partition coefficient (Wildman–Crippen LogP) is 1.25. The summed E-state index contributed by atoms with van der Waals surface area (Å²) in [6.07, 6.45) is 3.03. The summed E-state index contributed by atoms with van der Waals surface area (Å²) in [4.78, 5) is 0.366. The minimum atomic E-state index is -3.44. The second-order valence-corrected chi connectivity index (χ2v) is 6.74. The molecule has 0 aromatic heterocycles. The number of hydrogen-bond acceptors (Lipinski definition) is 4. The van der Waals surface area contributed by atoms with Gasteiger partial charge in [-0.2, -0.15) is 0 Å². The van der Waals surface area contributed by atoms with E-state index in [9.17, 15) is 8.42 Å². The van der Waals surface area contributed by atoms with E-state index in [1.54, 1.807) is 19.2 Å². The van der Waals surface area contributed by atoms with Crippen LogP contribution in [0, 0.1) is 0 Å². The standard InChI is InChI=1S/C14H22N2O3S/c1-19-10-4-9-16-20(17,18)14-6-3-2-5-12(14)11-15-13-7-8-13/h2-3,5-6,13,15-16H,4,7-11H2,1H3. The van der Waals surface area contributed by atoms with Crippen molar-refractivity contribution in [1.82, 2.24) is 10.0 Å². The number of sulfonamides is 1. The molecule has 20 heavy (non-hydrogen) atoms. The van der Waals surface area contributed by atoms with Crippen molar-refractivity contribution in [2.24, 2.45) is 0 Å². The molecule has 1 aromatic carbocycles. The molecule has 0 amide bonds. The molecule has 112 valence electrons. The van der Waals surface area contributed by atoms with Gasteiger partial charge in [-0.05, 0) is 30.9 Å². The van der Waals surface area contributed by atoms with E-state index in [-0.39, 0.29) is 0 Å². The van der Waals surface area contributed by atoms with Crippen LogP contribution in [0.3, 0.4) is 0 Å². The highest BCUT2D eigenvalue weighted by Crippen LogP contribution is 2.21. The first-order valence-electron chi connectivity index (χ1n) is 6.93. The van der Waals surface area contributed by atoms with Gasteiger partial charge >= 0.3 is 0 Å². The van der Waals surface area contributed by atoms with Crippen molar-refractivity contribution in [3.05, 3.63) is 29.8 Å². The van der Waals surface area contributed by atoms with Crippen LogP contribution in [0.15, 0.2) is 29.2 Å². The molecule has 0 atom stereocenters. The first-order chi connectivity index (χ1) is 9.63. The van der Waals surface area contributed by atoms with Gasteiger partial charge in [-0.25, -0.2) is 13.1 Å². The Morgan fingerprint density at radius 3 is 2.75 bits per heavy atom. The van der Waals surface area contributed by atoms with Gasteiger partial charge in [-0.15, -0.1) is 0 Å². The fourth-order valence-electron chi connectivity index (χ4n) is 1.95. The molecule has 2 N–H and O–H groups in total. The molecule has 2 rings (SSSR count). The second-order valence-electron chi connectivity index (χ2n) is 5.01. The van der Waals surface area contributed by atoms with E-state index < -0.39 is 10.0 Å². The van der Waals surface area contributed by atoms with E-state index in [2.05, 4.69) is 10.0 Å². The minimum Gasteiger partial charge on any atom is -0.385 e. The van der Waals surface area contributed by atoms with Gasteiger partial charge in [0.15, 0.2) is 0 Å². The predicted molar refractivity (Wildman–Crippen MR) is 78.0 cm³/mol. The maximum absolute atomic E-state index is 12.3. The maximum Gasteiger partial charge on any atom is 0.240 e. The molecule has 6 heteroatoms. The molecule has 0 spiro atoms. The molecule has 0 heterocycles. The van der Waals surface area contributed by atoms with Crippen molar-refractivity contribution >= 4 is 10.0 Å². The SMILES string of the molecule is COCCCNS(=O)(=O)c1ccccc1CNC1CC1. The van der Waals surface area contributed by atoms with Gasteiger partial charge in [0, 0.05) is 32.8 Å². The minimum absolute atomic E-state index is 0.366. The normalized spacial score (nSPS) is 15.4. The molecular weight excluding hydrogens is 276 g/mol. The molecule has 0 aliphatic heterocycles. The van der Waals surface area contributed by atoms with Crippen LogP contribution >= 0.6 is 0 Å². The Labute approximate surface area is 120 Å². The molecule has 1 saturated carbocycles. The molecule has 0 unspecified atom stereocenters. The van der Waals surface area contributed by atoms with Crippen LogP contribution in [-0.2, 0) is 21.3 Å². The van der Waals surface area contributed by atoms with E-state index >= 15 is 0 Å². The summed E-state index contributed by atoms with van der Waals surface area (Å²) >= 11 is 0. The molecule has 0 bridgehead atoms. The van der Waals surface area contributed by atoms with Crippen LogP contribution in [0.4, 0.5) is 0 Å². The molecule has 1 aromatic rings. The maximum atomic E-state index is 12.3. The Hall–Kier alpha value is -0.950. The van der Waals surface area contributed by atoms with Crippen molar-refractivity contribution in [3.8, 4) is 0 Å². The van der Waals surface area contributed by atoms with Crippen molar-refractivity contribution in [1.29, 1.82) is 0 Å². The average molecular weight is 298 g/mol. The zero-order valence-electron chi connectivity index (χ0n) is 11.8. The van der Waals surface area contributed by atoms with Crippen LogP contribution in [0.2, 0.25) is 0 Å². The largest absolute Gasteiger partial charge is 0.385 e. The summed E-state index contributed by atoms with van der Waals surface area (Å²) in [6, 6.07) is 7.69. The van der Waals surface area contributed by atoms with Gasteiger partial charge in [0.05, 0.1) is 4.90 Å². The molecule has 0 saturated heterocycles. The van der Waals surface area contributed by atoms with Gasteiger partial charge < -0.3 is 10.1 Å². The third-order valence-corrected chi connectivity index (χ3v) is 4.80. The Bertz CT molecular complexity index is 527. The van der Waals surface area contributed by atoms with Crippen molar-refractivity contribution in [2.75, 3.05) is 20.3 Å². The molecule has 0 radical (unpaired) electrons. The van der Waals surface area contributed by atoms with Gasteiger partial charge in [0.1, 0.15) is 0 Å². The van der Waals surface area contributed by atoms with Crippen LogP contribution in [-0.4, -0.2) is 34.7 Å². The quantitative estimate of drug-likeness (QED) is 0.673. The van der Waals surface area contributed by atoms with E-state index in [1.165, 1.54) is 12.8 Å². The summed E-state index contributed by atoms with van der Waals surface area (Å²) in [5, 5.41) is 3.35. The molecule has 1 aliphatic rings. The zero-order chi connectivity index (χ0) is 14.4. The average Bonchev–Trinajstić information content (AvgIpc) is 3.26. The van der Waals surface area contributed by atoms with Gasteiger partial charge in [0.2, 0.25) is 10.0 Å². The highest BCUT2D eigenvalue weighted by molar-refractivity contribution is 7.89. The number of nitrogens with one attached hydrogen (secondary N) is 2. The Kier molecular flexibility index (Phi) is 5.54. The summed E-state index contributed by atoms with van der Waals surface area (Å²) < 4.78 is 32.1. The first kappa shape index (κ1) is 15.4. The van der Waals surface area contributed by atoms with Crippen LogP contribution in [0.25, 0.3) is 0 Å². The smallest absolute Gasteiger partial charge is 0.240 e. The Morgan fingerprint density at radius 2 is 2.05 bits per heavy atom. The monoisotopic (exact) mass is 298 g/mol. The number of ether oxygens (including phenoxy) is 1. The number of hydrogen-bond donors (Lipinski definition) is 2. The molecule has 5 nitrogen and oxygen atoms in total. The third kappa shape index (κ3) is 4.56. The van der Waals surface area contributed by atoms with E-state index in [0.717, 1.165) is 5.56 Å². The lowest BCUT2D eigenvalue weighted by Crippen LogP contribution is -2.27. The van der Waals surface area contributed by atoms with Crippen LogP contribution < -0.4 is 10.0 Å². The summed E-state index contributed by atoms with van der Waals surface area (Å²) in [6.45, 7) is 1.54. The lowest BCUT2D eigenvalue weighted by Gasteiger charge is -2.12. The van der Waals surface area contributed by atoms with Crippen molar-refractivity contribution < 1.29 is 13.2 Å². The first-order valence-corrected chi connectivity index (χ1v) is 8.41. The summed E-state index contributed by atoms with van der Waals surface area (Å²) in [5.74, 6) is 0. The van der Waals surface area contributed by atoms with Crippen molar-refractivity contribution in [2.45, 2.75) is 36.7 Å². The number of methoxy groups -OCH3 is 1. The number of benzene rings is 1. The van der Waals surface area contributed by atoms with Crippen LogP contribution in [0.1, 0.15) is 24.8 Å². The Balaban J connectivity index is 2.01. The molecular formula is C14H22N2O3S. The number of rotatable bonds is 9. The van der Waals surface area contributed by atoms with E-state index in [0.29, 0.717) is 37.1 Å². The van der Waals surface area contributed by atoms with Crippen LogP contribution in [0.5, 0.6) is 0 Å². The summed E-state index contributed by atoms with van der Waals surface area (Å²) in [5.41, 5.74) is 0.818. The van der Waals surface area contributed by atoms with E-state index in [4.69, 9.17) is 4.74 Å². The lowest BCUT2D eigenvalue weighted by atomic mass is 10.2. The molecule has 1 aliphatic carbocycles. The van der Waals surface area contributed by atoms with Crippen molar-refractivity contribution in [3.63, 3.8) is 0 Å². The second kappa shape index (κ2) is 7.17. The van der Waals surface area contributed by atoms with Gasteiger partial charge in [-0.1, -0.05) is 18.2 Å². The summed E-state index contributed by atoms with van der Waals surface area (Å²) in [7, 11) is -1.84. The highest BCUT2D eigenvalue weighted by atomic mass is 32.2. The Morgan fingerprint density at radius 1 is 1.30 bits per heavy atom. The molecule has 1 fully saturated rings. The third-order valence-electron chi connectivity index (χ3n) is 3.24. The highest BCUT2D eigenvalue weighted by Gasteiger charge is 2.22. The van der Waals surface area contributed by atoms with Gasteiger partial charge in [0.25, 0.3) is 0 Å². The van der Waals surface area contributed by atoms with E-state index in [1.807, 2.05) is 12.1 Å².